The van der Waals surface area contributed by atoms with Crippen LogP contribution in [-0.4, -0.2) is 23.0 Å². The van der Waals surface area contributed by atoms with Crippen molar-refractivity contribution in [2.75, 3.05) is 0 Å². The number of ether oxygens (including phenoxy) is 1. The predicted molar refractivity (Wildman–Crippen MR) is 76.5 cm³/mol. The second kappa shape index (κ2) is 6.27. The van der Waals surface area contributed by atoms with Gasteiger partial charge < -0.3 is 4.74 Å². The average molecular weight is 296 g/mol. The first-order valence-electron chi connectivity index (χ1n) is 6.80. The summed E-state index contributed by atoms with van der Waals surface area (Å²) in [5, 5.41) is 0.549. The summed E-state index contributed by atoms with van der Waals surface area (Å²) < 4.78 is 5.12. The minimum Gasteiger partial charge on any atom is -0.436 e. The number of aryl methyl sites for hydroxylation is 1. The van der Waals surface area contributed by atoms with Crippen LogP contribution in [0.2, 0.25) is 5.02 Å². The largest absolute Gasteiger partial charge is 0.436 e. The van der Waals surface area contributed by atoms with E-state index in [1.54, 1.807) is 6.07 Å². The van der Waals surface area contributed by atoms with Crippen molar-refractivity contribution in [3.63, 3.8) is 0 Å². The molecule has 1 heterocycles. The van der Waals surface area contributed by atoms with Crippen LogP contribution in [0, 0.1) is 6.92 Å². The van der Waals surface area contributed by atoms with Gasteiger partial charge in [0.05, 0.1) is 6.54 Å². The van der Waals surface area contributed by atoms with Crippen molar-refractivity contribution in [2.45, 2.75) is 45.8 Å². The van der Waals surface area contributed by atoms with Gasteiger partial charge in [0.15, 0.2) is 6.10 Å². The van der Waals surface area contributed by atoms with Gasteiger partial charge in [0, 0.05) is 5.02 Å². The fourth-order valence-corrected chi connectivity index (χ4v) is 2.39. The summed E-state index contributed by atoms with van der Waals surface area (Å²) in [5.41, 5.74) is 1.79. The molecule has 0 aromatic heterocycles. The number of unbranched alkanes of at least 4 members (excludes halogenated alkanes) is 1. The lowest BCUT2D eigenvalue weighted by Crippen LogP contribution is -2.31. The first-order valence-corrected chi connectivity index (χ1v) is 7.17. The van der Waals surface area contributed by atoms with E-state index in [2.05, 4.69) is 0 Å². The van der Waals surface area contributed by atoms with Gasteiger partial charge in [-0.2, -0.15) is 0 Å². The highest BCUT2D eigenvalue weighted by atomic mass is 35.5. The Morgan fingerprint density at radius 1 is 1.35 bits per heavy atom. The van der Waals surface area contributed by atoms with E-state index in [1.165, 1.54) is 0 Å². The summed E-state index contributed by atoms with van der Waals surface area (Å²) in [6.07, 6.45) is 1.20. The van der Waals surface area contributed by atoms with Crippen LogP contribution in [0.4, 0.5) is 4.79 Å². The van der Waals surface area contributed by atoms with Crippen molar-refractivity contribution in [3.8, 4) is 0 Å². The van der Waals surface area contributed by atoms with Gasteiger partial charge in [-0.15, -0.1) is 0 Å². The zero-order chi connectivity index (χ0) is 14.7. The van der Waals surface area contributed by atoms with Gasteiger partial charge in [0.25, 0.3) is 5.91 Å². The monoisotopic (exact) mass is 295 g/mol. The molecule has 2 rings (SSSR count). The van der Waals surface area contributed by atoms with Crippen molar-refractivity contribution < 1.29 is 14.3 Å². The third kappa shape index (κ3) is 3.12. The molecule has 0 saturated carbocycles. The van der Waals surface area contributed by atoms with Gasteiger partial charge >= 0.3 is 6.09 Å². The molecule has 1 atom stereocenters. The first-order chi connectivity index (χ1) is 9.52. The van der Waals surface area contributed by atoms with E-state index >= 15 is 0 Å². The van der Waals surface area contributed by atoms with Crippen LogP contribution in [0.3, 0.4) is 0 Å². The van der Waals surface area contributed by atoms with E-state index in [1.807, 2.05) is 26.0 Å². The number of halogens is 1. The molecule has 0 spiro atoms. The molecule has 0 N–H and O–H groups in total. The maximum atomic E-state index is 12.2. The highest BCUT2D eigenvalue weighted by molar-refractivity contribution is 6.31. The molecule has 0 aliphatic carbocycles. The minimum absolute atomic E-state index is 0.167. The number of cyclic esters (lactones) is 1. The highest BCUT2D eigenvalue weighted by Gasteiger charge is 2.40. The quantitative estimate of drug-likeness (QED) is 0.832. The average Bonchev–Trinajstić information content (AvgIpc) is 2.68. The lowest BCUT2D eigenvalue weighted by molar-refractivity contribution is -0.130. The van der Waals surface area contributed by atoms with Crippen molar-refractivity contribution in [1.82, 2.24) is 4.90 Å². The molecule has 1 aromatic carbocycles. The number of carbonyl (C=O) groups excluding carboxylic acids is 2. The summed E-state index contributed by atoms with van der Waals surface area (Å²) in [4.78, 5) is 25.1. The molecule has 20 heavy (non-hydrogen) atoms. The smallest absolute Gasteiger partial charge is 0.417 e. The molecular weight excluding hydrogens is 278 g/mol. The van der Waals surface area contributed by atoms with Crippen LogP contribution < -0.4 is 0 Å². The molecule has 1 unspecified atom stereocenters. The van der Waals surface area contributed by atoms with E-state index in [0.717, 1.165) is 28.9 Å². The van der Waals surface area contributed by atoms with Crippen molar-refractivity contribution in [2.24, 2.45) is 0 Å². The van der Waals surface area contributed by atoms with E-state index < -0.39 is 12.2 Å². The molecule has 1 fully saturated rings. The Hall–Kier alpha value is -1.55. The lowest BCUT2D eigenvalue weighted by atomic mass is 10.1. The number of hydrogen-bond acceptors (Lipinski definition) is 3. The number of rotatable bonds is 5. The summed E-state index contributed by atoms with van der Waals surface area (Å²) in [7, 11) is 0. The lowest BCUT2D eigenvalue weighted by Gasteiger charge is -2.13. The molecule has 0 radical (unpaired) electrons. The maximum absolute atomic E-state index is 12.2. The number of hydrogen-bond donors (Lipinski definition) is 0. The second-order valence-electron chi connectivity index (χ2n) is 5.03. The third-order valence-corrected chi connectivity index (χ3v) is 3.72. The summed E-state index contributed by atoms with van der Waals surface area (Å²) in [6.45, 7) is 4.14. The van der Waals surface area contributed by atoms with Crippen LogP contribution in [0.5, 0.6) is 0 Å². The topological polar surface area (TPSA) is 46.6 Å². The van der Waals surface area contributed by atoms with E-state index in [-0.39, 0.29) is 12.5 Å². The zero-order valence-electron chi connectivity index (χ0n) is 11.7. The summed E-state index contributed by atoms with van der Waals surface area (Å²) in [6, 6.07) is 5.54. The normalized spacial score (nSPS) is 18.6. The van der Waals surface area contributed by atoms with Gasteiger partial charge in [-0.1, -0.05) is 42.6 Å². The SMILES string of the molecule is CCCCC1OC(=O)N(Cc2cc(C)ccc2Cl)C1=O. The Labute approximate surface area is 123 Å². The molecule has 1 saturated heterocycles. The third-order valence-electron chi connectivity index (χ3n) is 3.35. The van der Waals surface area contributed by atoms with Crippen LogP contribution in [0.25, 0.3) is 0 Å². The molecule has 4 nitrogen and oxygen atoms in total. The molecule has 5 heteroatoms. The molecule has 1 aliphatic heterocycles. The van der Waals surface area contributed by atoms with Crippen LogP contribution in [-0.2, 0) is 16.1 Å². The Morgan fingerprint density at radius 3 is 2.80 bits per heavy atom. The standard InChI is InChI=1S/C15H18ClNO3/c1-3-4-5-13-14(18)17(15(19)20-13)9-11-8-10(2)6-7-12(11)16/h6-8,13H,3-5,9H2,1-2H3. The van der Waals surface area contributed by atoms with Gasteiger partial charge in [0.2, 0.25) is 0 Å². The zero-order valence-corrected chi connectivity index (χ0v) is 12.4. The number of carbonyl (C=O) groups is 2. The number of nitrogens with zero attached hydrogens (tertiary/aromatic N) is 1. The fourth-order valence-electron chi connectivity index (χ4n) is 2.21. The first kappa shape index (κ1) is 14.9. The van der Waals surface area contributed by atoms with Crippen LogP contribution >= 0.6 is 11.6 Å². The van der Waals surface area contributed by atoms with Crippen molar-refractivity contribution in [3.05, 3.63) is 34.3 Å². The minimum atomic E-state index is -0.633. The number of amides is 2. The molecular formula is C15H18ClNO3. The number of benzene rings is 1. The Morgan fingerprint density at radius 2 is 2.10 bits per heavy atom. The van der Waals surface area contributed by atoms with Gasteiger partial charge in [-0.25, -0.2) is 9.69 Å². The maximum Gasteiger partial charge on any atom is 0.417 e. The molecule has 108 valence electrons. The summed E-state index contributed by atoms with van der Waals surface area (Å²) >= 11 is 6.10. The van der Waals surface area contributed by atoms with Crippen molar-refractivity contribution in [1.29, 1.82) is 0 Å². The van der Waals surface area contributed by atoms with E-state index in [4.69, 9.17) is 16.3 Å². The van der Waals surface area contributed by atoms with Gasteiger partial charge in [-0.05, 0) is 31.4 Å². The van der Waals surface area contributed by atoms with E-state index in [9.17, 15) is 9.59 Å². The number of imide groups is 1. The molecule has 0 bridgehead atoms. The highest BCUT2D eigenvalue weighted by Crippen LogP contribution is 2.24. The van der Waals surface area contributed by atoms with E-state index in [0.29, 0.717) is 11.4 Å². The van der Waals surface area contributed by atoms with Crippen LogP contribution in [0.1, 0.15) is 37.3 Å². The molecule has 2 amide bonds. The second-order valence-corrected chi connectivity index (χ2v) is 5.44. The van der Waals surface area contributed by atoms with Crippen LogP contribution in [0.15, 0.2) is 18.2 Å². The van der Waals surface area contributed by atoms with Gasteiger partial charge in [0.1, 0.15) is 0 Å². The predicted octanol–water partition coefficient (Wildman–Crippen LogP) is 3.69. The van der Waals surface area contributed by atoms with Crippen molar-refractivity contribution >= 4 is 23.6 Å². The summed E-state index contributed by atoms with van der Waals surface area (Å²) in [5.74, 6) is -0.263. The Bertz CT molecular complexity index is 530. The molecule has 1 aliphatic rings. The fraction of sp³-hybridized carbons (Fsp3) is 0.467. The molecule has 1 aromatic rings. The Kier molecular flexibility index (Phi) is 4.65. The Balaban J connectivity index is 2.11. The van der Waals surface area contributed by atoms with Gasteiger partial charge in [-0.3, -0.25) is 4.79 Å².